The van der Waals surface area contributed by atoms with Gasteiger partial charge in [-0.3, -0.25) is 14.7 Å². The molecule has 3 aromatic rings. The molecule has 1 amide bonds. The zero-order valence-electron chi connectivity index (χ0n) is 16.4. The van der Waals surface area contributed by atoms with Crippen LogP contribution in [-0.4, -0.2) is 57.0 Å². The molecule has 0 saturated carbocycles. The highest BCUT2D eigenvalue weighted by molar-refractivity contribution is 5.92. The van der Waals surface area contributed by atoms with E-state index in [1.165, 1.54) is 6.07 Å². The molecule has 1 aromatic carbocycles. The lowest BCUT2D eigenvalue weighted by Crippen LogP contribution is -2.49. The van der Waals surface area contributed by atoms with Crippen LogP contribution >= 0.6 is 0 Å². The second kappa shape index (κ2) is 8.08. The Morgan fingerprint density at radius 2 is 1.97 bits per heavy atom. The minimum absolute atomic E-state index is 0.0561. The van der Waals surface area contributed by atoms with E-state index in [0.29, 0.717) is 54.7 Å². The van der Waals surface area contributed by atoms with Gasteiger partial charge in [0.15, 0.2) is 0 Å². The van der Waals surface area contributed by atoms with Gasteiger partial charge in [-0.2, -0.15) is 4.98 Å². The molecule has 1 saturated heterocycles. The van der Waals surface area contributed by atoms with Crippen molar-refractivity contribution in [1.29, 1.82) is 0 Å². The Hall–Kier alpha value is -3.13. The maximum absolute atomic E-state index is 13.8. The van der Waals surface area contributed by atoms with Crippen LogP contribution in [0.4, 0.5) is 4.39 Å². The zero-order chi connectivity index (χ0) is 20.4. The molecule has 0 N–H and O–H groups in total. The lowest BCUT2D eigenvalue weighted by atomic mass is 10.1. The van der Waals surface area contributed by atoms with Crippen molar-refractivity contribution in [1.82, 2.24) is 24.9 Å². The predicted octanol–water partition coefficient (Wildman–Crippen LogP) is 3.10. The number of piperazine rings is 1. The number of hydrogen-bond donors (Lipinski definition) is 0. The summed E-state index contributed by atoms with van der Waals surface area (Å²) < 4.78 is 19.2. The SMILES string of the molecule is Cc1ccc(-c2noc(C(C)N3CCN(C(=O)c4ccccn4)CC3)n2)cc1F. The van der Waals surface area contributed by atoms with E-state index in [1.54, 1.807) is 42.3 Å². The minimum Gasteiger partial charge on any atom is -0.337 e. The van der Waals surface area contributed by atoms with Crippen molar-refractivity contribution in [2.75, 3.05) is 26.2 Å². The van der Waals surface area contributed by atoms with E-state index in [2.05, 4.69) is 20.0 Å². The summed E-state index contributed by atoms with van der Waals surface area (Å²) in [4.78, 5) is 25.1. The summed E-state index contributed by atoms with van der Waals surface area (Å²) in [6.07, 6.45) is 1.62. The van der Waals surface area contributed by atoms with Crippen molar-refractivity contribution < 1.29 is 13.7 Å². The van der Waals surface area contributed by atoms with Crippen molar-refractivity contribution in [2.45, 2.75) is 19.9 Å². The number of halogens is 1. The second-order valence-electron chi connectivity index (χ2n) is 7.14. The Labute approximate surface area is 168 Å². The maximum atomic E-state index is 13.8. The summed E-state index contributed by atoms with van der Waals surface area (Å²) in [6.45, 7) is 6.28. The van der Waals surface area contributed by atoms with Gasteiger partial charge in [0.2, 0.25) is 11.7 Å². The third kappa shape index (κ3) is 4.02. The van der Waals surface area contributed by atoms with Crippen LogP contribution in [0.25, 0.3) is 11.4 Å². The van der Waals surface area contributed by atoms with Crippen molar-refractivity contribution in [3.8, 4) is 11.4 Å². The molecule has 8 heteroatoms. The first-order chi connectivity index (χ1) is 14.0. The van der Waals surface area contributed by atoms with Gasteiger partial charge in [0.25, 0.3) is 5.91 Å². The van der Waals surface area contributed by atoms with E-state index in [0.717, 1.165) is 0 Å². The second-order valence-corrected chi connectivity index (χ2v) is 7.14. The number of nitrogens with zero attached hydrogens (tertiary/aromatic N) is 5. The summed E-state index contributed by atoms with van der Waals surface area (Å²) in [5.74, 6) is 0.496. The van der Waals surface area contributed by atoms with Crippen LogP contribution in [-0.2, 0) is 0 Å². The molecular formula is C21H22FN5O2. The first kappa shape index (κ1) is 19.2. The molecule has 2 aromatic heterocycles. The van der Waals surface area contributed by atoms with Crippen LogP contribution in [0.3, 0.4) is 0 Å². The molecule has 0 spiro atoms. The highest BCUT2D eigenvalue weighted by atomic mass is 19.1. The number of aromatic nitrogens is 3. The van der Waals surface area contributed by atoms with Gasteiger partial charge in [-0.1, -0.05) is 23.4 Å². The number of carbonyl (C=O) groups excluding carboxylic acids is 1. The molecule has 1 unspecified atom stereocenters. The zero-order valence-corrected chi connectivity index (χ0v) is 16.4. The van der Waals surface area contributed by atoms with Crippen molar-refractivity contribution in [3.05, 3.63) is 65.6 Å². The van der Waals surface area contributed by atoms with E-state index >= 15 is 0 Å². The largest absolute Gasteiger partial charge is 0.337 e. The predicted molar refractivity (Wildman–Crippen MR) is 105 cm³/mol. The molecule has 4 rings (SSSR count). The third-order valence-corrected chi connectivity index (χ3v) is 5.26. The Bertz CT molecular complexity index is 999. The average molecular weight is 395 g/mol. The van der Waals surface area contributed by atoms with E-state index in [-0.39, 0.29) is 17.8 Å². The average Bonchev–Trinajstić information content (AvgIpc) is 3.25. The van der Waals surface area contributed by atoms with Crippen molar-refractivity contribution in [2.24, 2.45) is 0 Å². The van der Waals surface area contributed by atoms with Crippen LogP contribution in [0.2, 0.25) is 0 Å². The summed E-state index contributed by atoms with van der Waals surface area (Å²) in [5.41, 5.74) is 1.62. The quantitative estimate of drug-likeness (QED) is 0.676. The lowest BCUT2D eigenvalue weighted by Gasteiger charge is -2.36. The number of aryl methyl sites for hydroxylation is 1. The number of pyridine rings is 1. The molecule has 1 aliphatic heterocycles. The Morgan fingerprint density at radius 1 is 1.17 bits per heavy atom. The Kier molecular flexibility index (Phi) is 5.35. The number of benzene rings is 1. The first-order valence-corrected chi connectivity index (χ1v) is 9.57. The summed E-state index contributed by atoms with van der Waals surface area (Å²) in [5, 5.41) is 4.00. The van der Waals surface area contributed by atoms with Crippen LogP contribution in [0.5, 0.6) is 0 Å². The van der Waals surface area contributed by atoms with Crippen LogP contribution in [0, 0.1) is 12.7 Å². The van der Waals surface area contributed by atoms with Gasteiger partial charge in [0.1, 0.15) is 11.5 Å². The number of rotatable bonds is 4. The Balaban J connectivity index is 1.40. The van der Waals surface area contributed by atoms with E-state index in [4.69, 9.17) is 4.52 Å². The molecule has 29 heavy (non-hydrogen) atoms. The molecule has 1 atom stereocenters. The smallest absolute Gasteiger partial charge is 0.272 e. The van der Waals surface area contributed by atoms with Gasteiger partial charge < -0.3 is 9.42 Å². The van der Waals surface area contributed by atoms with Crippen molar-refractivity contribution in [3.63, 3.8) is 0 Å². The fraction of sp³-hybridized carbons (Fsp3) is 0.333. The lowest BCUT2D eigenvalue weighted by molar-refractivity contribution is 0.0546. The fourth-order valence-corrected chi connectivity index (χ4v) is 3.37. The molecule has 0 radical (unpaired) electrons. The topological polar surface area (TPSA) is 75.4 Å². The van der Waals surface area contributed by atoms with E-state index < -0.39 is 0 Å². The summed E-state index contributed by atoms with van der Waals surface area (Å²) in [7, 11) is 0. The van der Waals surface area contributed by atoms with Crippen LogP contribution < -0.4 is 0 Å². The summed E-state index contributed by atoms with van der Waals surface area (Å²) >= 11 is 0. The van der Waals surface area contributed by atoms with Gasteiger partial charge in [-0.25, -0.2) is 4.39 Å². The monoisotopic (exact) mass is 395 g/mol. The number of amides is 1. The van der Waals surface area contributed by atoms with Gasteiger partial charge in [-0.15, -0.1) is 0 Å². The van der Waals surface area contributed by atoms with Crippen LogP contribution in [0.1, 0.15) is 34.9 Å². The molecule has 1 fully saturated rings. The molecular weight excluding hydrogens is 373 g/mol. The summed E-state index contributed by atoms with van der Waals surface area (Å²) in [6, 6.07) is 10.1. The van der Waals surface area contributed by atoms with Crippen molar-refractivity contribution >= 4 is 5.91 Å². The number of carbonyl (C=O) groups is 1. The highest BCUT2D eigenvalue weighted by Gasteiger charge is 2.28. The Morgan fingerprint density at radius 3 is 2.66 bits per heavy atom. The third-order valence-electron chi connectivity index (χ3n) is 5.26. The number of hydrogen-bond acceptors (Lipinski definition) is 6. The molecule has 0 aliphatic carbocycles. The molecule has 3 heterocycles. The maximum Gasteiger partial charge on any atom is 0.272 e. The normalized spacial score (nSPS) is 16.0. The molecule has 0 bridgehead atoms. The molecule has 150 valence electrons. The standard InChI is InChI=1S/C21H22FN5O2/c1-14-6-7-16(13-17(14)22)19-24-20(29-25-19)15(2)26-9-11-27(12-10-26)21(28)18-5-3-4-8-23-18/h3-8,13,15H,9-12H2,1-2H3. The van der Waals surface area contributed by atoms with Gasteiger partial charge in [0.05, 0.1) is 6.04 Å². The van der Waals surface area contributed by atoms with Crippen LogP contribution in [0.15, 0.2) is 47.1 Å². The van der Waals surface area contributed by atoms with E-state index in [9.17, 15) is 9.18 Å². The molecule has 1 aliphatic rings. The first-order valence-electron chi connectivity index (χ1n) is 9.57. The molecule has 7 nitrogen and oxygen atoms in total. The van der Waals surface area contributed by atoms with Gasteiger partial charge in [-0.05, 0) is 37.6 Å². The van der Waals surface area contributed by atoms with E-state index in [1.807, 2.05) is 13.0 Å². The fourth-order valence-electron chi connectivity index (χ4n) is 3.37. The van der Waals surface area contributed by atoms with Gasteiger partial charge in [0, 0.05) is 37.9 Å². The van der Waals surface area contributed by atoms with Gasteiger partial charge >= 0.3 is 0 Å². The minimum atomic E-state index is -0.296. The highest BCUT2D eigenvalue weighted by Crippen LogP contribution is 2.24.